The molecule has 1 saturated carbocycles. The molecule has 1 aliphatic carbocycles. The maximum atomic E-state index is 14.2. The molecule has 0 bridgehead atoms. The highest BCUT2D eigenvalue weighted by atomic mass is 16.6. The van der Waals surface area contributed by atoms with E-state index in [1.807, 2.05) is 27.7 Å². The van der Waals surface area contributed by atoms with Crippen molar-refractivity contribution in [2.24, 2.45) is 17.8 Å². The number of hydrogen-bond donors (Lipinski definition) is 6. The Morgan fingerprint density at radius 2 is 1.17 bits per heavy atom. The number of epoxide rings is 2. The van der Waals surface area contributed by atoms with Crippen LogP contribution in [0.5, 0.6) is 0 Å². The Bertz CT molecular complexity index is 2270. The van der Waals surface area contributed by atoms with Crippen LogP contribution in [-0.2, 0) is 54.1 Å². The van der Waals surface area contributed by atoms with Gasteiger partial charge in [0.25, 0.3) is 11.8 Å². The Hall–Kier alpha value is -6.02. The van der Waals surface area contributed by atoms with Crippen LogP contribution in [-0.4, -0.2) is 145 Å². The highest BCUT2D eigenvalue weighted by Gasteiger charge is 2.54. The zero-order chi connectivity index (χ0) is 52.8. The van der Waals surface area contributed by atoms with E-state index in [-0.39, 0.29) is 92.8 Å². The summed E-state index contributed by atoms with van der Waals surface area (Å²) in [7, 11) is 2.69. The third-order valence-electron chi connectivity index (χ3n) is 12.9. The number of Topliss-reactive ketones (excluding diaryl/α,β-unsaturated/α-hetero) is 2. The van der Waals surface area contributed by atoms with Crippen LogP contribution in [0, 0.1) is 37.0 Å². The van der Waals surface area contributed by atoms with E-state index in [2.05, 4.69) is 48.1 Å². The molecule has 8 atom stereocenters. The molecule has 2 aromatic heterocycles. The standard InChI is InChI=1S/C50H72N8O14/c1-10-14-33(51-47(65)39(24-67-8)55-45(63)37-21-30(6)71-57-37)43(61)53-35(20-29(4)5)42(60)50(27-70-50)18-17-32-23-38(58-72-32)46(64)56-40(25-68-9)48(66)54-36(22-31-15-12-11-13-16-31)44(62)52-34(19-28(2)3)41(59)49(7)26-69-49/h1,21,23,28-29,31,33-36,39-40H,11-20,22,24-27H2,2-9H3,(H,51,65)(H,52,62)(H,53,61)(H,54,66)(H,55,63)(H,56,64). The van der Waals surface area contributed by atoms with Crippen LogP contribution < -0.4 is 31.9 Å². The summed E-state index contributed by atoms with van der Waals surface area (Å²) in [6.07, 6.45) is 11.4. The second-order valence-electron chi connectivity index (χ2n) is 20.1. The van der Waals surface area contributed by atoms with Crippen molar-refractivity contribution < 1.29 is 66.3 Å². The summed E-state index contributed by atoms with van der Waals surface area (Å²) < 4.78 is 32.0. The molecule has 0 radical (unpaired) electrons. The van der Waals surface area contributed by atoms with Gasteiger partial charge in [-0.15, -0.1) is 12.3 Å². The largest absolute Gasteiger partial charge is 0.382 e. The minimum atomic E-state index is -1.31. The number of aromatic nitrogens is 2. The summed E-state index contributed by atoms with van der Waals surface area (Å²) in [6.45, 7) is 10.8. The van der Waals surface area contributed by atoms with E-state index >= 15 is 0 Å². The smallest absolute Gasteiger partial charge is 0.274 e. The number of amides is 6. The Morgan fingerprint density at radius 1 is 0.681 bits per heavy atom. The van der Waals surface area contributed by atoms with Gasteiger partial charge < -0.3 is 59.9 Å². The van der Waals surface area contributed by atoms with Gasteiger partial charge in [-0.05, 0) is 57.3 Å². The molecule has 2 aliphatic heterocycles. The lowest BCUT2D eigenvalue weighted by molar-refractivity contribution is -0.134. The summed E-state index contributed by atoms with van der Waals surface area (Å²) in [6, 6.07) is -3.89. The second kappa shape index (κ2) is 26.1. The lowest BCUT2D eigenvalue weighted by Gasteiger charge is -2.29. The van der Waals surface area contributed by atoms with Gasteiger partial charge in [0.05, 0.1) is 38.5 Å². The number of ketones is 2. The fourth-order valence-corrected chi connectivity index (χ4v) is 8.74. The predicted octanol–water partition coefficient (Wildman–Crippen LogP) is 1.81. The molecule has 8 unspecified atom stereocenters. The first kappa shape index (κ1) is 56.9. The van der Waals surface area contributed by atoms with Gasteiger partial charge in [-0.3, -0.25) is 38.4 Å². The molecule has 22 nitrogen and oxygen atoms in total. The molecular formula is C50H72N8O14. The Morgan fingerprint density at radius 3 is 1.65 bits per heavy atom. The van der Waals surface area contributed by atoms with Gasteiger partial charge >= 0.3 is 0 Å². The van der Waals surface area contributed by atoms with E-state index in [1.54, 1.807) is 13.8 Å². The van der Waals surface area contributed by atoms with Crippen molar-refractivity contribution in [1.29, 1.82) is 0 Å². The van der Waals surface area contributed by atoms with E-state index < -0.39 is 88.7 Å². The summed E-state index contributed by atoms with van der Waals surface area (Å²) in [5.41, 5.74) is -2.49. The van der Waals surface area contributed by atoms with Crippen molar-refractivity contribution in [3.8, 4) is 12.3 Å². The molecule has 3 fully saturated rings. The van der Waals surface area contributed by atoms with E-state index in [0.29, 0.717) is 18.6 Å². The molecule has 0 aromatic carbocycles. The second-order valence-corrected chi connectivity index (χ2v) is 20.1. The van der Waals surface area contributed by atoms with Gasteiger partial charge in [-0.2, -0.15) is 0 Å². The van der Waals surface area contributed by atoms with E-state index in [4.69, 9.17) is 34.4 Å². The highest BCUT2D eigenvalue weighted by Crippen LogP contribution is 2.36. The molecule has 22 heteroatoms. The molecule has 4 heterocycles. The van der Waals surface area contributed by atoms with Crippen LogP contribution in [0.1, 0.15) is 131 Å². The average Bonchev–Trinajstić information content (AvgIpc) is 4.18. The maximum Gasteiger partial charge on any atom is 0.274 e. The maximum absolute atomic E-state index is 14.2. The first-order valence-corrected chi connectivity index (χ1v) is 24.7. The van der Waals surface area contributed by atoms with Crippen LogP contribution >= 0.6 is 0 Å². The quantitative estimate of drug-likeness (QED) is 0.0480. The molecular weight excluding hydrogens is 937 g/mol. The molecule has 6 amide bonds. The molecule has 6 N–H and O–H groups in total. The molecule has 5 rings (SSSR count). The van der Waals surface area contributed by atoms with E-state index in [1.165, 1.54) is 26.4 Å². The Balaban J connectivity index is 1.20. The van der Waals surface area contributed by atoms with Crippen molar-refractivity contribution in [3.05, 3.63) is 35.0 Å². The normalized spacial score (nSPS) is 21.0. The Labute approximate surface area is 420 Å². The third kappa shape index (κ3) is 16.2. The summed E-state index contributed by atoms with van der Waals surface area (Å²) in [5, 5.41) is 23.8. The number of methoxy groups -OCH3 is 2. The van der Waals surface area contributed by atoms with Crippen molar-refractivity contribution in [2.45, 2.75) is 160 Å². The topological polar surface area (TPSA) is 304 Å². The van der Waals surface area contributed by atoms with Gasteiger partial charge in [-0.1, -0.05) is 70.1 Å². The fourth-order valence-electron chi connectivity index (χ4n) is 8.74. The first-order chi connectivity index (χ1) is 34.2. The lowest BCUT2D eigenvalue weighted by Crippen LogP contribution is -2.58. The third-order valence-corrected chi connectivity index (χ3v) is 12.9. The van der Waals surface area contributed by atoms with Crippen molar-refractivity contribution >= 4 is 47.0 Å². The van der Waals surface area contributed by atoms with Crippen molar-refractivity contribution in [3.63, 3.8) is 0 Å². The average molecular weight is 1010 g/mol. The molecule has 2 aromatic rings. The summed E-state index contributed by atoms with van der Waals surface area (Å²) >= 11 is 0. The van der Waals surface area contributed by atoms with Crippen molar-refractivity contribution in [2.75, 3.05) is 40.6 Å². The highest BCUT2D eigenvalue weighted by molar-refractivity contribution is 6.01. The van der Waals surface area contributed by atoms with Gasteiger partial charge in [0.2, 0.25) is 23.6 Å². The minimum Gasteiger partial charge on any atom is -0.382 e. The number of aryl methyl sites for hydroxylation is 2. The number of rotatable bonds is 30. The van der Waals surface area contributed by atoms with Crippen LogP contribution in [0.15, 0.2) is 21.2 Å². The molecule has 2 saturated heterocycles. The van der Waals surface area contributed by atoms with Crippen LogP contribution in [0.4, 0.5) is 0 Å². The summed E-state index contributed by atoms with van der Waals surface area (Å²) in [5.74, 6) is -1.62. The van der Waals surface area contributed by atoms with Crippen molar-refractivity contribution in [1.82, 2.24) is 42.2 Å². The molecule has 3 aliphatic rings. The van der Waals surface area contributed by atoms with Gasteiger partial charge in [0.15, 0.2) is 28.6 Å². The Kier molecular flexibility index (Phi) is 20.6. The van der Waals surface area contributed by atoms with Crippen LogP contribution in [0.2, 0.25) is 0 Å². The molecule has 396 valence electrons. The minimum absolute atomic E-state index is 0.0435. The van der Waals surface area contributed by atoms with Gasteiger partial charge in [0.1, 0.15) is 41.3 Å². The van der Waals surface area contributed by atoms with E-state index in [0.717, 1.165) is 32.1 Å². The summed E-state index contributed by atoms with van der Waals surface area (Å²) in [4.78, 5) is 109. The predicted molar refractivity (Wildman–Crippen MR) is 257 cm³/mol. The molecule has 0 spiro atoms. The van der Waals surface area contributed by atoms with E-state index in [9.17, 15) is 38.4 Å². The number of ether oxygens (including phenoxy) is 4. The monoisotopic (exact) mass is 1010 g/mol. The number of carbonyl (C=O) groups excluding carboxylic acids is 8. The van der Waals surface area contributed by atoms with Crippen LogP contribution in [0.3, 0.4) is 0 Å². The van der Waals surface area contributed by atoms with Gasteiger partial charge in [-0.25, -0.2) is 0 Å². The number of carbonyl (C=O) groups is 8. The fraction of sp³-hybridized carbons (Fsp3) is 0.680. The zero-order valence-electron chi connectivity index (χ0n) is 42.6. The lowest BCUT2D eigenvalue weighted by atomic mass is 9.84. The number of nitrogens with one attached hydrogen (secondary N) is 6. The first-order valence-electron chi connectivity index (χ1n) is 24.7. The molecule has 72 heavy (non-hydrogen) atoms. The SMILES string of the molecule is C#CCC(NC(=O)C(COC)NC(=O)c1cc(C)on1)C(=O)NC(CC(C)C)C(=O)C1(CCc2cc(C(=O)NC(COC)C(=O)NC(CC3CCCCC3)C(=O)NC(CC(C)C)C(=O)C3(C)CO3)no2)CO1. The zero-order valence-corrected chi connectivity index (χ0v) is 42.6. The number of hydrogen-bond acceptors (Lipinski definition) is 16. The number of nitrogens with zero attached hydrogens (tertiary/aromatic N) is 2. The van der Waals surface area contributed by atoms with Gasteiger partial charge in [0, 0.05) is 39.2 Å². The van der Waals surface area contributed by atoms with Crippen LogP contribution in [0.25, 0.3) is 0 Å². The number of terminal acetylenes is 1.